The Balaban J connectivity index is 0.000000686. The molecule has 17 heavy (non-hydrogen) atoms. The van der Waals surface area contributed by atoms with Gasteiger partial charge in [-0.05, 0) is 55.9 Å². The summed E-state index contributed by atoms with van der Waals surface area (Å²) in [5.41, 5.74) is 1.55. The third kappa shape index (κ3) is 3.24. The zero-order chi connectivity index (χ0) is 13.3. The normalized spacial score (nSPS) is 43.6. The van der Waals surface area contributed by atoms with Crippen LogP contribution in [0.5, 0.6) is 0 Å². The molecule has 2 aliphatic carbocycles. The molecule has 1 heteroatoms. The van der Waals surface area contributed by atoms with Crippen LogP contribution in [0.4, 0.5) is 0 Å². The molecule has 0 aromatic heterocycles. The van der Waals surface area contributed by atoms with Crippen molar-refractivity contribution in [1.29, 1.82) is 0 Å². The van der Waals surface area contributed by atoms with Gasteiger partial charge < -0.3 is 5.32 Å². The van der Waals surface area contributed by atoms with E-state index in [2.05, 4.69) is 40.1 Å². The second-order valence-corrected chi connectivity index (χ2v) is 7.55. The van der Waals surface area contributed by atoms with Crippen molar-refractivity contribution in [3.63, 3.8) is 0 Å². The summed E-state index contributed by atoms with van der Waals surface area (Å²) >= 11 is 0. The molecule has 0 radical (unpaired) electrons. The van der Waals surface area contributed by atoms with Crippen LogP contribution >= 0.6 is 0 Å². The summed E-state index contributed by atoms with van der Waals surface area (Å²) < 4.78 is 0. The fourth-order valence-electron chi connectivity index (χ4n) is 5.22. The SMILES string of the molecule is CC.CNC12CC(C)CC(C)(CC(C)(C)C1)C2. The zero-order valence-corrected chi connectivity index (χ0v) is 13.1. The summed E-state index contributed by atoms with van der Waals surface area (Å²) in [6.45, 7) is 13.8. The molecule has 2 bridgehead atoms. The third-order valence-corrected chi connectivity index (χ3v) is 4.60. The predicted molar refractivity (Wildman–Crippen MR) is 77.3 cm³/mol. The van der Waals surface area contributed by atoms with Crippen molar-refractivity contribution in [1.82, 2.24) is 5.32 Å². The number of hydrogen-bond donors (Lipinski definition) is 1. The Labute approximate surface area is 109 Å². The molecule has 2 fully saturated rings. The molecule has 0 heterocycles. The molecule has 0 aliphatic heterocycles. The fourth-order valence-corrected chi connectivity index (χ4v) is 5.22. The van der Waals surface area contributed by atoms with Gasteiger partial charge in [-0.25, -0.2) is 0 Å². The van der Waals surface area contributed by atoms with Crippen molar-refractivity contribution < 1.29 is 0 Å². The van der Waals surface area contributed by atoms with E-state index in [0.717, 1.165) is 5.92 Å². The first kappa shape index (κ1) is 15.0. The zero-order valence-electron chi connectivity index (χ0n) is 13.1. The van der Waals surface area contributed by atoms with Crippen molar-refractivity contribution >= 4 is 0 Å². The van der Waals surface area contributed by atoms with Gasteiger partial charge in [0.2, 0.25) is 0 Å². The van der Waals surface area contributed by atoms with Gasteiger partial charge in [0.1, 0.15) is 0 Å². The van der Waals surface area contributed by atoms with E-state index < -0.39 is 0 Å². The van der Waals surface area contributed by atoms with E-state index in [-0.39, 0.29) is 0 Å². The second-order valence-electron chi connectivity index (χ2n) is 7.55. The second kappa shape index (κ2) is 4.91. The van der Waals surface area contributed by atoms with Crippen molar-refractivity contribution in [3.8, 4) is 0 Å². The highest BCUT2D eigenvalue weighted by Gasteiger charge is 2.52. The maximum absolute atomic E-state index is 3.66. The summed E-state index contributed by atoms with van der Waals surface area (Å²) in [5.74, 6) is 0.896. The van der Waals surface area contributed by atoms with Gasteiger partial charge >= 0.3 is 0 Å². The van der Waals surface area contributed by atoms with Crippen molar-refractivity contribution in [2.75, 3.05) is 7.05 Å². The van der Waals surface area contributed by atoms with E-state index in [1.165, 1.54) is 32.1 Å². The number of rotatable bonds is 1. The Bertz CT molecular complexity index is 254. The lowest BCUT2D eigenvalue weighted by Crippen LogP contribution is -2.58. The van der Waals surface area contributed by atoms with Crippen LogP contribution in [0.3, 0.4) is 0 Å². The van der Waals surface area contributed by atoms with Gasteiger partial charge in [-0.1, -0.05) is 41.5 Å². The first-order valence-corrected chi connectivity index (χ1v) is 7.47. The highest BCUT2D eigenvalue weighted by atomic mass is 15.0. The maximum atomic E-state index is 3.66. The Hall–Kier alpha value is -0.0400. The average molecular weight is 239 g/mol. The van der Waals surface area contributed by atoms with Gasteiger partial charge in [0.05, 0.1) is 0 Å². The van der Waals surface area contributed by atoms with E-state index in [9.17, 15) is 0 Å². The minimum absolute atomic E-state index is 0.439. The average Bonchev–Trinajstić information content (AvgIpc) is 2.15. The summed E-state index contributed by atoms with van der Waals surface area (Å²) in [5, 5.41) is 3.66. The summed E-state index contributed by atoms with van der Waals surface area (Å²) in [7, 11) is 2.17. The molecule has 2 rings (SSSR count). The summed E-state index contributed by atoms with van der Waals surface area (Å²) in [6, 6.07) is 0. The molecule has 3 unspecified atom stereocenters. The molecule has 0 spiro atoms. The molecule has 0 saturated heterocycles. The first-order chi connectivity index (χ1) is 7.78. The molecular weight excluding hydrogens is 206 g/mol. The monoisotopic (exact) mass is 239 g/mol. The molecule has 102 valence electrons. The predicted octanol–water partition coefficient (Wildman–Crippen LogP) is 4.62. The topological polar surface area (TPSA) is 12.0 Å². The van der Waals surface area contributed by atoms with Crippen LogP contribution < -0.4 is 5.32 Å². The molecule has 0 amide bonds. The molecule has 2 aliphatic rings. The maximum Gasteiger partial charge on any atom is 0.0191 e. The van der Waals surface area contributed by atoms with Gasteiger partial charge in [0.25, 0.3) is 0 Å². The lowest BCUT2D eigenvalue weighted by molar-refractivity contribution is -0.0393. The highest BCUT2D eigenvalue weighted by molar-refractivity contribution is 5.07. The van der Waals surface area contributed by atoms with Gasteiger partial charge in [-0.3, -0.25) is 0 Å². The minimum atomic E-state index is 0.439. The number of fused-ring (bicyclic) bond motifs is 2. The van der Waals surface area contributed by atoms with E-state index >= 15 is 0 Å². The molecule has 0 aromatic carbocycles. The standard InChI is InChI=1S/C14H27N.C2H6/c1-11-6-13(4)8-12(2,3)9-14(7-11,10-13)15-5;1-2/h11,15H,6-10H2,1-5H3;1-2H3. The Morgan fingerprint density at radius 1 is 0.941 bits per heavy atom. The van der Waals surface area contributed by atoms with Crippen molar-refractivity contribution in [3.05, 3.63) is 0 Å². The summed E-state index contributed by atoms with van der Waals surface area (Å²) in [4.78, 5) is 0. The van der Waals surface area contributed by atoms with Crippen LogP contribution in [0.15, 0.2) is 0 Å². The third-order valence-electron chi connectivity index (χ3n) is 4.60. The number of hydrogen-bond acceptors (Lipinski definition) is 1. The molecule has 0 aromatic rings. The van der Waals surface area contributed by atoms with E-state index in [1.807, 2.05) is 13.8 Å². The molecule has 3 atom stereocenters. The van der Waals surface area contributed by atoms with E-state index in [4.69, 9.17) is 0 Å². The van der Waals surface area contributed by atoms with E-state index in [0.29, 0.717) is 16.4 Å². The Kier molecular flexibility index (Phi) is 4.34. The van der Waals surface area contributed by atoms with Crippen LogP contribution in [-0.2, 0) is 0 Å². The Morgan fingerprint density at radius 3 is 2.06 bits per heavy atom. The Morgan fingerprint density at radius 2 is 1.53 bits per heavy atom. The fraction of sp³-hybridized carbons (Fsp3) is 1.00. The number of nitrogens with one attached hydrogen (secondary N) is 1. The largest absolute Gasteiger partial charge is 0.314 e. The van der Waals surface area contributed by atoms with Gasteiger partial charge in [0, 0.05) is 5.54 Å². The lowest BCUT2D eigenvalue weighted by atomic mass is 9.50. The first-order valence-electron chi connectivity index (χ1n) is 7.47. The smallest absolute Gasteiger partial charge is 0.0191 e. The van der Waals surface area contributed by atoms with Crippen molar-refractivity contribution in [2.24, 2.45) is 16.7 Å². The van der Waals surface area contributed by atoms with Gasteiger partial charge in [-0.2, -0.15) is 0 Å². The quantitative estimate of drug-likeness (QED) is 0.704. The van der Waals surface area contributed by atoms with Gasteiger partial charge in [-0.15, -0.1) is 0 Å². The molecule has 2 saturated carbocycles. The molecule has 1 nitrogen and oxygen atoms in total. The van der Waals surface area contributed by atoms with Crippen LogP contribution in [-0.4, -0.2) is 12.6 Å². The minimum Gasteiger partial charge on any atom is -0.314 e. The molecule has 1 N–H and O–H groups in total. The van der Waals surface area contributed by atoms with E-state index in [1.54, 1.807) is 0 Å². The van der Waals surface area contributed by atoms with Crippen LogP contribution in [0.2, 0.25) is 0 Å². The van der Waals surface area contributed by atoms with Crippen LogP contribution in [0, 0.1) is 16.7 Å². The van der Waals surface area contributed by atoms with Crippen LogP contribution in [0.25, 0.3) is 0 Å². The van der Waals surface area contributed by atoms with Gasteiger partial charge in [0.15, 0.2) is 0 Å². The van der Waals surface area contributed by atoms with Crippen molar-refractivity contribution in [2.45, 2.75) is 79.2 Å². The highest BCUT2D eigenvalue weighted by Crippen LogP contribution is 2.58. The van der Waals surface area contributed by atoms with Crippen LogP contribution in [0.1, 0.15) is 73.6 Å². The summed E-state index contributed by atoms with van der Waals surface area (Å²) in [6.07, 6.45) is 6.97. The molecular formula is C16H33N. The lowest BCUT2D eigenvalue weighted by Gasteiger charge is -2.58.